The summed E-state index contributed by atoms with van der Waals surface area (Å²) in [6, 6.07) is 22.5. The van der Waals surface area contributed by atoms with Crippen LogP contribution in [0.4, 0.5) is 0 Å². The van der Waals surface area contributed by atoms with E-state index in [0.29, 0.717) is 0 Å². The standard InChI is InChI=1S/C20H25N.CH2O2/c1-17-12-13-20(14-17)21(15-18-8-4-2-5-9-18)16-19-10-6-3-7-11-19;2-1-3/h2-11,17,20H,12-16H2,1H3;1H,(H,2,3)/t17-,20+;/m1./s1. The van der Waals surface area contributed by atoms with Gasteiger partial charge in [-0.25, -0.2) is 0 Å². The van der Waals surface area contributed by atoms with Crippen molar-refractivity contribution < 1.29 is 9.90 Å². The number of carbonyl (C=O) groups is 1. The van der Waals surface area contributed by atoms with Crippen LogP contribution in [-0.2, 0) is 17.9 Å². The van der Waals surface area contributed by atoms with Gasteiger partial charge in [-0.3, -0.25) is 9.69 Å². The highest BCUT2D eigenvalue weighted by atomic mass is 16.3. The van der Waals surface area contributed by atoms with Gasteiger partial charge in [0.05, 0.1) is 0 Å². The Morgan fingerprint density at radius 2 is 1.42 bits per heavy atom. The summed E-state index contributed by atoms with van der Waals surface area (Å²) in [5.41, 5.74) is 2.85. The van der Waals surface area contributed by atoms with E-state index in [1.54, 1.807) is 0 Å². The molecule has 0 spiro atoms. The van der Waals surface area contributed by atoms with Gasteiger partial charge < -0.3 is 5.11 Å². The second kappa shape index (κ2) is 9.89. The first-order valence-corrected chi connectivity index (χ1v) is 8.62. The molecule has 0 radical (unpaired) electrons. The number of nitrogens with zero attached hydrogens (tertiary/aromatic N) is 1. The summed E-state index contributed by atoms with van der Waals surface area (Å²) in [6.45, 7) is 4.27. The van der Waals surface area contributed by atoms with Crippen LogP contribution < -0.4 is 0 Å². The predicted octanol–water partition coefficient (Wildman–Crippen LogP) is 4.58. The Balaban J connectivity index is 0.000000647. The maximum Gasteiger partial charge on any atom is 0.290 e. The summed E-state index contributed by atoms with van der Waals surface area (Å²) in [5, 5.41) is 6.89. The van der Waals surface area contributed by atoms with E-state index in [1.807, 2.05) is 0 Å². The molecule has 1 aliphatic rings. The fraction of sp³-hybridized carbons (Fsp3) is 0.381. The molecule has 0 amide bonds. The van der Waals surface area contributed by atoms with Gasteiger partial charge in [0, 0.05) is 19.1 Å². The van der Waals surface area contributed by atoms with Gasteiger partial charge in [-0.1, -0.05) is 67.6 Å². The van der Waals surface area contributed by atoms with E-state index in [9.17, 15) is 0 Å². The highest BCUT2D eigenvalue weighted by molar-refractivity contribution is 5.32. The Morgan fingerprint density at radius 3 is 1.79 bits per heavy atom. The first kappa shape index (κ1) is 18.2. The molecule has 1 aliphatic carbocycles. The minimum absolute atomic E-state index is 0.250. The second-order valence-electron chi connectivity index (χ2n) is 6.55. The SMILES string of the molecule is C[C@@H]1CC[C@H](N(Cc2ccccc2)Cc2ccccc2)C1.O=CO. The van der Waals surface area contributed by atoms with Gasteiger partial charge in [-0.15, -0.1) is 0 Å². The monoisotopic (exact) mass is 325 g/mol. The van der Waals surface area contributed by atoms with Gasteiger partial charge in [0.1, 0.15) is 0 Å². The van der Waals surface area contributed by atoms with Crippen LogP contribution in [0.15, 0.2) is 60.7 Å². The van der Waals surface area contributed by atoms with Crippen molar-refractivity contribution in [2.45, 2.75) is 45.3 Å². The molecule has 1 N–H and O–H groups in total. The Labute approximate surface area is 144 Å². The van der Waals surface area contributed by atoms with Crippen LogP contribution in [0.1, 0.15) is 37.3 Å². The Hall–Kier alpha value is -2.13. The number of hydrogen-bond donors (Lipinski definition) is 1. The molecule has 24 heavy (non-hydrogen) atoms. The van der Waals surface area contributed by atoms with Crippen LogP contribution >= 0.6 is 0 Å². The molecule has 2 aromatic rings. The predicted molar refractivity (Wildman–Crippen MR) is 97.6 cm³/mol. The first-order chi connectivity index (χ1) is 11.7. The highest BCUT2D eigenvalue weighted by Gasteiger charge is 2.26. The number of rotatable bonds is 5. The molecule has 1 fully saturated rings. The smallest absolute Gasteiger partial charge is 0.290 e. The quantitative estimate of drug-likeness (QED) is 0.818. The third-order valence-corrected chi connectivity index (χ3v) is 4.64. The molecule has 2 aromatic carbocycles. The first-order valence-electron chi connectivity index (χ1n) is 8.62. The zero-order chi connectivity index (χ0) is 17.2. The molecule has 0 saturated heterocycles. The summed E-state index contributed by atoms with van der Waals surface area (Å²) in [4.78, 5) is 11.0. The molecule has 3 heteroatoms. The van der Waals surface area contributed by atoms with E-state index in [-0.39, 0.29) is 6.47 Å². The third-order valence-electron chi connectivity index (χ3n) is 4.64. The largest absolute Gasteiger partial charge is 0.483 e. The van der Waals surface area contributed by atoms with Crippen molar-refractivity contribution in [3.63, 3.8) is 0 Å². The summed E-state index contributed by atoms with van der Waals surface area (Å²) >= 11 is 0. The van der Waals surface area contributed by atoms with E-state index in [2.05, 4.69) is 72.5 Å². The lowest BCUT2D eigenvalue weighted by molar-refractivity contribution is -0.122. The minimum atomic E-state index is -0.250. The second-order valence-corrected chi connectivity index (χ2v) is 6.55. The van der Waals surface area contributed by atoms with Crippen molar-refractivity contribution in [1.29, 1.82) is 0 Å². The minimum Gasteiger partial charge on any atom is -0.483 e. The van der Waals surface area contributed by atoms with Gasteiger partial charge in [-0.05, 0) is 36.3 Å². The topological polar surface area (TPSA) is 40.5 Å². The van der Waals surface area contributed by atoms with Crippen LogP contribution in [0.25, 0.3) is 0 Å². The molecule has 0 unspecified atom stereocenters. The average Bonchev–Trinajstić information content (AvgIpc) is 3.03. The maximum atomic E-state index is 8.36. The van der Waals surface area contributed by atoms with Crippen molar-refractivity contribution >= 4 is 6.47 Å². The Morgan fingerprint density at radius 1 is 0.958 bits per heavy atom. The fourth-order valence-electron chi connectivity index (χ4n) is 3.46. The van der Waals surface area contributed by atoms with Crippen molar-refractivity contribution in [3.8, 4) is 0 Å². The maximum absolute atomic E-state index is 8.36. The zero-order valence-electron chi connectivity index (χ0n) is 14.3. The molecule has 0 aliphatic heterocycles. The van der Waals surface area contributed by atoms with E-state index in [1.165, 1.54) is 30.4 Å². The molecular weight excluding hydrogens is 298 g/mol. The summed E-state index contributed by atoms with van der Waals surface area (Å²) in [5.74, 6) is 0.879. The fourth-order valence-corrected chi connectivity index (χ4v) is 3.46. The lowest BCUT2D eigenvalue weighted by Gasteiger charge is -2.29. The molecule has 0 heterocycles. The number of benzene rings is 2. The van der Waals surface area contributed by atoms with Crippen LogP contribution in [0.5, 0.6) is 0 Å². The molecular formula is C21H27NO2. The van der Waals surface area contributed by atoms with E-state index in [0.717, 1.165) is 25.0 Å². The van der Waals surface area contributed by atoms with Gasteiger partial charge in [0.15, 0.2) is 0 Å². The molecule has 1 saturated carbocycles. The Bertz CT molecular complexity index is 544. The molecule has 0 aromatic heterocycles. The van der Waals surface area contributed by atoms with Gasteiger partial charge in [-0.2, -0.15) is 0 Å². The average molecular weight is 325 g/mol. The molecule has 3 nitrogen and oxygen atoms in total. The van der Waals surface area contributed by atoms with E-state index < -0.39 is 0 Å². The molecule has 3 rings (SSSR count). The van der Waals surface area contributed by atoms with E-state index >= 15 is 0 Å². The summed E-state index contributed by atoms with van der Waals surface area (Å²) in [6.07, 6.45) is 4.07. The lowest BCUT2D eigenvalue weighted by Crippen LogP contribution is -2.32. The van der Waals surface area contributed by atoms with Gasteiger partial charge in [0.2, 0.25) is 0 Å². The van der Waals surface area contributed by atoms with Gasteiger partial charge >= 0.3 is 0 Å². The van der Waals surface area contributed by atoms with Crippen molar-refractivity contribution in [2.24, 2.45) is 5.92 Å². The van der Waals surface area contributed by atoms with Crippen LogP contribution in [0.3, 0.4) is 0 Å². The van der Waals surface area contributed by atoms with Gasteiger partial charge in [0.25, 0.3) is 6.47 Å². The summed E-state index contributed by atoms with van der Waals surface area (Å²) < 4.78 is 0. The van der Waals surface area contributed by atoms with Crippen LogP contribution in [0.2, 0.25) is 0 Å². The van der Waals surface area contributed by atoms with Crippen molar-refractivity contribution in [3.05, 3.63) is 71.8 Å². The number of carboxylic acid groups (broad SMARTS) is 1. The van der Waals surface area contributed by atoms with Crippen molar-refractivity contribution in [1.82, 2.24) is 4.90 Å². The molecule has 2 atom stereocenters. The van der Waals surface area contributed by atoms with Crippen molar-refractivity contribution in [2.75, 3.05) is 0 Å². The van der Waals surface area contributed by atoms with Crippen LogP contribution in [-0.4, -0.2) is 22.5 Å². The molecule has 128 valence electrons. The lowest BCUT2D eigenvalue weighted by atomic mass is 10.1. The Kier molecular flexibility index (Phi) is 7.50. The summed E-state index contributed by atoms with van der Waals surface area (Å²) in [7, 11) is 0. The zero-order valence-corrected chi connectivity index (χ0v) is 14.3. The number of hydrogen-bond acceptors (Lipinski definition) is 2. The van der Waals surface area contributed by atoms with Crippen LogP contribution in [0, 0.1) is 5.92 Å². The third kappa shape index (κ3) is 5.82. The normalized spacial score (nSPS) is 19.6. The highest BCUT2D eigenvalue weighted by Crippen LogP contribution is 2.30. The molecule has 0 bridgehead atoms. The van der Waals surface area contributed by atoms with E-state index in [4.69, 9.17) is 9.90 Å².